The number of hydrogen-bond acceptors (Lipinski definition) is 3. The molecule has 0 bridgehead atoms. The normalized spacial score (nSPS) is 22.3. The summed E-state index contributed by atoms with van der Waals surface area (Å²) in [6.45, 7) is 11.8. The molecular formula is C20H31N3O2. The van der Waals surface area contributed by atoms with Gasteiger partial charge in [0.05, 0.1) is 0 Å². The van der Waals surface area contributed by atoms with E-state index < -0.39 is 0 Å². The predicted octanol–water partition coefficient (Wildman–Crippen LogP) is 2.57. The maximum atomic E-state index is 13.1. The fourth-order valence-electron chi connectivity index (χ4n) is 4.02. The van der Waals surface area contributed by atoms with E-state index >= 15 is 0 Å². The molecular weight excluding hydrogens is 314 g/mol. The summed E-state index contributed by atoms with van der Waals surface area (Å²) in [5.41, 5.74) is 1.61. The van der Waals surface area contributed by atoms with Gasteiger partial charge in [0.2, 0.25) is 0 Å². The standard InChI is InChI=1S/C20H31N3O2/c1-13(2)17-12-23(9-5-8-22(17)11-16-6-7-16)20(25)18-14(3)10-15(4)21-19(18)24/h10,13,16-17H,5-9,11-12H2,1-4H3,(H,21,24). The molecule has 0 aromatic carbocycles. The summed E-state index contributed by atoms with van der Waals surface area (Å²) in [5.74, 6) is 1.23. The van der Waals surface area contributed by atoms with Gasteiger partial charge >= 0.3 is 0 Å². The second-order valence-electron chi connectivity index (χ2n) is 8.19. The highest BCUT2D eigenvalue weighted by Crippen LogP contribution is 2.32. The largest absolute Gasteiger partial charge is 0.337 e. The minimum absolute atomic E-state index is 0.113. The SMILES string of the molecule is Cc1cc(C)c(C(=O)N2CCCN(CC3CC3)C(C(C)C)C2)c(=O)[nH]1. The Bertz CT molecular complexity index is 691. The summed E-state index contributed by atoms with van der Waals surface area (Å²) in [7, 11) is 0. The summed E-state index contributed by atoms with van der Waals surface area (Å²) in [4.78, 5) is 32.7. The van der Waals surface area contributed by atoms with Crippen molar-refractivity contribution in [3.8, 4) is 0 Å². The zero-order valence-corrected chi connectivity index (χ0v) is 16.0. The number of pyridine rings is 1. The summed E-state index contributed by atoms with van der Waals surface area (Å²) in [6.07, 6.45) is 3.67. The van der Waals surface area contributed by atoms with Crippen LogP contribution in [0.1, 0.15) is 54.7 Å². The molecule has 1 saturated heterocycles. The molecule has 138 valence electrons. The second kappa shape index (κ2) is 7.32. The monoisotopic (exact) mass is 345 g/mol. The maximum Gasteiger partial charge on any atom is 0.261 e. The molecule has 5 nitrogen and oxygen atoms in total. The van der Waals surface area contributed by atoms with Crippen LogP contribution in [-0.4, -0.2) is 52.9 Å². The molecule has 1 aromatic heterocycles. The van der Waals surface area contributed by atoms with Gasteiger partial charge in [-0.05, 0) is 56.6 Å². The van der Waals surface area contributed by atoms with E-state index in [1.165, 1.54) is 12.8 Å². The van der Waals surface area contributed by atoms with Gasteiger partial charge in [0.25, 0.3) is 11.5 Å². The van der Waals surface area contributed by atoms with Gasteiger partial charge in [0, 0.05) is 37.9 Å². The summed E-state index contributed by atoms with van der Waals surface area (Å²) in [6, 6.07) is 2.25. The fraction of sp³-hybridized carbons (Fsp3) is 0.700. The zero-order chi connectivity index (χ0) is 18.1. The molecule has 25 heavy (non-hydrogen) atoms. The molecule has 1 saturated carbocycles. The molecule has 2 aliphatic rings. The molecule has 1 unspecified atom stereocenters. The van der Waals surface area contributed by atoms with Crippen LogP contribution in [0.15, 0.2) is 10.9 Å². The first-order valence-corrected chi connectivity index (χ1v) is 9.60. The van der Waals surface area contributed by atoms with E-state index in [1.54, 1.807) is 0 Å². The van der Waals surface area contributed by atoms with E-state index in [0.717, 1.165) is 49.8 Å². The van der Waals surface area contributed by atoms with E-state index in [-0.39, 0.29) is 11.5 Å². The highest BCUT2D eigenvalue weighted by molar-refractivity contribution is 5.95. The number of aryl methyl sites for hydroxylation is 2. The summed E-state index contributed by atoms with van der Waals surface area (Å²) in [5, 5.41) is 0. The molecule has 2 heterocycles. The molecule has 1 aromatic rings. The van der Waals surface area contributed by atoms with Gasteiger partial charge in [-0.15, -0.1) is 0 Å². The number of aromatic nitrogens is 1. The van der Waals surface area contributed by atoms with Crippen LogP contribution in [0.2, 0.25) is 0 Å². The van der Waals surface area contributed by atoms with E-state index in [4.69, 9.17) is 0 Å². The number of nitrogens with one attached hydrogen (secondary N) is 1. The van der Waals surface area contributed by atoms with Crippen molar-refractivity contribution in [1.29, 1.82) is 0 Å². The third-order valence-corrected chi connectivity index (χ3v) is 5.58. The van der Waals surface area contributed by atoms with E-state index in [2.05, 4.69) is 23.7 Å². The second-order valence-corrected chi connectivity index (χ2v) is 8.19. The average Bonchev–Trinajstić information content (AvgIpc) is 3.33. The Balaban J connectivity index is 1.82. The van der Waals surface area contributed by atoms with Gasteiger partial charge in [0.1, 0.15) is 5.56 Å². The predicted molar refractivity (Wildman–Crippen MR) is 100.0 cm³/mol. The van der Waals surface area contributed by atoms with Crippen LogP contribution in [0, 0.1) is 25.7 Å². The van der Waals surface area contributed by atoms with Crippen molar-refractivity contribution in [1.82, 2.24) is 14.8 Å². The minimum Gasteiger partial charge on any atom is -0.337 e. The molecule has 0 spiro atoms. The lowest BCUT2D eigenvalue weighted by Gasteiger charge is -2.34. The molecule has 1 aliphatic carbocycles. The Morgan fingerprint density at radius 2 is 2.00 bits per heavy atom. The number of aromatic amines is 1. The first-order chi connectivity index (χ1) is 11.9. The molecule has 3 rings (SSSR count). The molecule has 1 amide bonds. The first-order valence-electron chi connectivity index (χ1n) is 9.60. The lowest BCUT2D eigenvalue weighted by Crippen LogP contribution is -2.47. The lowest BCUT2D eigenvalue weighted by molar-refractivity contribution is 0.0702. The van der Waals surface area contributed by atoms with Gasteiger partial charge in [-0.1, -0.05) is 13.8 Å². The van der Waals surface area contributed by atoms with Gasteiger partial charge in [-0.25, -0.2) is 0 Å². The van der Waals surface area contributed by atoms with E-state index in [9.17, 15) is 9.59 Å². The number of amides is 1. The Morgan fingerprint density at radius 1 is 1.28 bits per heavy atom. The topological polar surface area (TPSA) is 56.4 Å². The third-order valence-electron chi connectivity index (χ3n) is 5.58. The van der Waals surface area contributed by atoms with Crippen LogP contribution < -0.4 is 5.56 Å². The molecule has 2 fully saturated rings. The quantitative estimate of drug-likeness (QED) is 0.912. The zero-order valence-electron chi connectivity index (χ0n) is 16.0. The summed E-state index contributed by atoms with van der Waals surface area (Å²) >= 11 is 0. The highest BCUT2D eigenvalue weighted by atomic mass is 16.2. The van der Waals surface area contributed by atoms with Crippen LogP contribution in [0.3, 0.4) is 0 Å². The van der Waals surface area contributed by atoms with Crippen molar-refractivity contribution >= 4 is 5.91 Å². The van der Waals surface area contributed by atoms with Gasteiger partial charge in [-0.2, -0.15) is 0 Å². The van der Waals surface area contributed by atoms with Crippen molar-refractivity contribution in [3.63, 3.8) is 0 Å². The van der Waals surface area contributed by atoms with Crippen LogP contribution in [0.4, 0.5) is 0 Å². The lowest BCUT2D eigenvalue weighted by atomic mass is 10.0. The van der Waals surface area contributed by atoms with Crippen molar-refractivity contribution in [2.24, 2.45) is 11.8 Å². The number of carbonyl (C=O) groups is 1. The number of carbonyl (C=O) groups excluding carboxylic acids is 1. The Morgan fingerprint density at radius 3 is 2.60 bits per heavy atom. The van der Waals surface area contributed by atoms with Crippen LogP contribution >= 0.6 is 0 Å². The van der Waals surface area contributed by atoms with Crippen molar-refractivity contribution < 1.29 is 4.79 Å². The number of hydrogen-bond donors (Lipinski definition) is 1. The van der Waals surface area contributed by atoms with Gasteiger partial charge in [0.15, 0.2) is 0 Å². The van der Waals surface area contributed by atoms with Crippen molar-refractivity contribution in [3.05, 3.63) is 33.2 Å². The number of nitrogens with zero attached hydrogens (tertiary/aromatic N) is 2. The molecule has 5 heteroatoms. The van der Waals surface area contributed by atoms with E-state index in [0.29, 0.717) is 17.5 Å². The summed E-state index contributed by atoms with van der Waals surface area (Å²) < 4.78 is 0. The smallest absolute Gasteiger partial charge is 0.261 e. The minimum atomic E-state index is -0.261. The van der Waals surface area contributed by atoms with Gasteiger partial charge in [-0.3, -0.25) is 14.5 Å². The van der Waals surface area contributed by atoms with Gasteiger partial charge < -0.3 is 9.88 Å². The van der Waals surface area contributed by atoms with Crippen LogP contribution in [-0.2, 0) is 0 Å². The van der Waals surface area contributed by atoms with Crippen LogP contribution in [0.25, 0.3) is 0 Å². The first kappa shape index (κ1) is 18.2. The number of H-pyrrole nitrogens is 1. The van der Waals surface area contributed by atoms with Crippen LogP contribution in [0.5, 0.6) is 0 Å². The molecule has 0 radical (unpaired) electrons. The fourth-order valence-corrected chi connectivity index (χ4v) is 4.02. The molecule has 1 aliphatic heterocycles. The van der Waals surface area contributed by atoms with E-state index in [1.807, 2.05) is 24.8 Å². The Hall–Kier alpha value is -1.62. The van der Waals surface area contributed by atoms with Crippen molar-refractivity contribution in [2.75, 3.05) is 26.2 Å². The highest BCUT2D eigenvalue weighted by Gasteiger charge is 2.34. The molecule has 1 atom stereocenters. The Kier molecular flexibility index (Phi) is 5.32. The number of rotatable bonds is 4. The third kappa shape index (κ3) is 4.14. The average molecular weight is 345 g/mol. The Labute approximate surface area is 150 Å². The molecule has 1 N–H and O–H groups in total. The maximum absolute atomic E-state index is 13.1. The van der Waals surface area contributed by atoms with Crippen molar-refractivity contribution in [2.45, 2.75) is 53.0 Å².